The van der Waals surface area contributed by atoms with Gasteiger partial charge in [0, 0.05) is 45.3 Å². The number of piperazine rings is 1. The molecule has 1 saturated heterocycles. The van der Waals surface area contributed by atoms with E-state index in [4.69, 9.17) is 0 Å². The van der Waals surface area contributed by atoms with Crippen LogP contribution in [0, 0.1) is 5.82 Å². The van der Waals surface area contributed by atoms with Gasteiger partial charge in [-0.15, -0.1) is 0 Å². The molecule has 1 aliphatic heterocycles. The van der Waals surface area contributed by atoms with Crippen molar-refractivity contribution in [3.8, 4) is 0 Å². The van der Waals surface area contributed by atoms with Crippen LogP contribution >= 0.6 is 0 Å². The van der Waals surface area contributed by atoms with Gasteiger partial charge in [-0.3, -0.25) is 4.90 Å². The van der Waals surface area contributed by atoms with Crippen molar-refractivity contribution in [2.24, 2.45) is 0 Å². The van der Waals surface area contributed by atoms with Crippen LogP contribution in [0.2, 0.25) is 0 Å². The van der Waals surface area contributed by atoms with Crippen molar-refractivity contribution in [2.75, 3.05) is 39.8 Å². The van der Waals surface area contributed by atoms with Crippen LogP contribution in [0.15, 0.2) is 54.6 Å². The van der Waals surface area contributed by atoms with Gasteiger partial charge in [-0.2, -0.15) is 0 Å². The van der Waals surface area contributed by atoms with E-state index < -0.39 is 0 Å². The second kappa shape index (κ2) is 8.38. The minimum atomic E-state index is -0.184. The average Bonchev–Trinajstić information content (AvgIpc) is 2.62. The number of rotatable bonds is 6. The molecule has 0 radical (unpaired) electrons. The summed E-state index contributed by atoms with van der Waals surface area (Å²) in [7, 11) is 2.18. The summed E-state index contributed by atoms with van der Waals surface area (Å²) < 4.78 is 13.1. The predicted octanol–water partition coefficient (Wildman–Crippen LogP) is 2.90. The van der Waals surface area contributed by atoms with Crippen molar-refractivity contribution >= 4 is 0 Å². The summed E-state index contributed by atoms with van der Waals surface area (Å²) in [6, 6.07) is 17.6. The predicted molar refractivity (Wildman–Crippen MR) is 96.4 cm³/mol. The van der Waals surface area contributed by atoms with Gasteiger partial charge in [0.05, 0.1) is 0 Å². The monoisotopic (exact) mass is 327 g/mol. The Morgan fingerprint density at radius 3 is 2.29 bits per heavy atom. The molecule has 128 valence electrons. The molecule has 3 nitrogen and oxygen atoms in total. The molecule has 1 N–H and O–H groups in total. The first kappa shape index (κ1) is 17.1. The van der Waals surface area contributed by atoms with Gasteiger partial charge < -0.3 is 10.2 Å². The molecule has 0 aliphatic carbocycles. The summed E-state index contributed by atoms with van der Waals surface area (Å²) in [6.45, 7) is 6.21. The molecular weight excluding hydrogens is 301 g/mol. The van der Waals surface area contributed by atoms with Crippen LogP contribution in [0.4, 0.5) is 4.39 Å². The Morgan fingerprint density at radius 1 is 0.958 bits per heavy atom. The van der Waals surface area contributed by atoms with E-state index in [0.29, 0.717) is 0 Å². The Hall–Kier alpha value is -1.75. The Bertz CT molecular complexity index is 607. The molecule has 4 heteroatoms. The zero-order valence-corrected chi connectivity index (χ0v) is 14.3. The summed E-state index contributed by atoms with van der Waals surface area (Å²) in [6.07, 6.45) is 0. The van der Waals surface area contributed by atoms with E-state index in [-0.39, 0.29) is 11.9 Å². The fourth-order valence-electron chi connectivity index (χ4n) is 3.11. The molecule has 2 aromatic carbocycles. The van der Waals surface area contributed by atoms with E-state index in [9.17, 15) is 4.39 Å². The molecule has 1 heterocycles. The van der Waals surface area contributed by atoms with Crippen molar-refractivity contribution in [1.29, 1.82) is 0 Å². The highest BCUT2D eigenvalue weighted by molar-refractivity contribution is 5.21. The van der Waals surface area contributed by atoms with Gasteiger partial charge in [0.15, 0.2) is 0 Å². The van der Waals surface area contributed by atoms with Gasteiger partial charge in [-0.05, 0) is 30.3 Å². The maximum atomic E-state index is 13.1. The van der Waals surface area contributed by atoms with Crippen molar-refractivity contribution < 1.29 is 4.39 Å². The SMILES string of the molecule is CN1CCN(C[C@@H](NCc2ccc(F)cc2)c2ccccc2)CC1. The maximum absolute atomic E-state index is 13.1. The van der Waals surface area contributed by atoms with Crippen molar-refractivity contribution in [3.05, 3.63) is 71.5 Å². The summed E-state index contributed by atoms with van der Waals surface area (Å²) in [5.74, 6) is -0.184. The molecule has 24 heavy (non-hydrogen) atoms. The summed E-state index contributed by atoms with van der Waals surface area (Å²) in [4.78, 5) is 4.90. The number of nitrogens with one attached hydrogen (secondary N) is 1. The zero-order valence-electron chi connectivity index (χ0n) is 14.3. The molecule has 1 atom stereocenters. The number of hydrogen-bond donors (Lipinski definition) is 1. The molecule has 1 aliphatic rings. The molecule has 0 spiro atoms. The number of hydrogen-bond acceptors (Lipinski definition) is 3. The van der Waals surface area contributed by atoms with Gasteiger partial charge in [-0.25, -0.2) is 4.39 Å². The van der Waals surface area contributed by atoms with E-state index >= 15 is 0 Å². The topological polar surface area (TPSA) is 18.5 Å². The van der Waals surface area contributed by atoms with Crippen LogP contribution in [0.3, 0.4) is 0 Å². The largest absolute Gasteiger partial charge is 0.305 e. The number of likely N-dealkylation sites (N-methyl/N-ethyl adjacent to an activating group) is 1. The van der Waals surface area contributed by atoms with Crippen LogP contribution in [-0.4, -0.2) is 49.6 Å². The molecule has 0 saturated carbocycles. The third kappa shape index (κ3) is 4.87. The third-order valence-corrected chi connectivity index (χ3v) is 4.70. The minimum Gasteiger partial charge on any atom is -0.305 e. The quantitative estimate of drug-likeness (QED) is 0.880. The van der Waals surface area contributed by atoms with Gasteiger partial charge in [0.2, 0.25) is 0 Å². The number of nitrogens with zero attached hydrogens (tertiary/aromatic N) is 2. The molecule has 1 fully saturated rings. The van der Waals surface area contributed by atoms with Crippen molar-refractivity contribution in [3.63, 3.8) is 0 Å². The number of benzene rings is 2. The van der Waals surface area contributed by atoms with Gasteiger partial charge in [0.25, 0.3) is 0 Å². The Morgan fingerprint density at radius 2 is 1.62 bits per heavy atom. The van der Waals surface area contributed by atoms with Gasteiger partial charge >= 0.3 is 0 Å². The second-order valence-corrected chi connectivity index (χ2v) is 6.57. The van der Waals surface area contributed by atoms with Crippen LogP contribution in [0.1, 0.15) is 17.2 Å². The smallest absolute Gasteiger partial charge is 0.123 e. The average molecular weight is 327 g/mol. The summed E-state index contributed by atoms with van der Waals surface area (Å²) >= 11 is 0. The Kier molecular flexibility index (Phi) is 5.96. The van der Waals surface area contributed by atoms with E-state index in [2.05, 4.69) is 52.5 Å². The first-order valence-electron chi connectivity index (χ1n) is 8.64. The van der Waals surface area contributed by atoms with Gasteiger partial charge in [0.1, 0.15) is 5.82 Å². The highest BCUT2D eigenvalue weighted by atomic mass is 19.1. The highest BCUT2D eigenvalue weighted by Crippen LogP contribution is 2.16. The first-order valence-corrected chi connectivity index (χ1v) is 8.64. The minimum absolute atomic E-state index is 0.184. The second-order valence-electron chi connectivity index (χ2n) is 6.57. The lowest BCUT2D eigenvalue weighted by Crippen LogP contribution is -2.47. The van der Waals surface area contributed by atoms with E-state index in [1.165, 1.54) is 17.7 Å². The highest BCUT2D eigenvalue weighted by Gasteiger charge is 2.19. The van der Waals surface area contributed by atoms with Crippen LogP contribution in [-0.2, 0) is 6.54 Å². The maximum Gasteiger partial charge on any atom is 0.123 e. The van der Waals surface area contributed by atoms with E-state index in [1.807, 2.05) is 12.1 Å². The lowest BCUT2D eigenvalue weighted by molar-refractivity contribution is 0.142. The first-order chi connectivity index (χ1) is 11.7. The third-order valence-electron chi connectivity index (χ3n) is 4.70. The molecule has 2 aromatic rings. The fourth-order valence-corrected chi connectivity index (χ4v) is 3.11. The lowest BCUT2D eigenvalue weighted by Gasteiger charge is -2.35. The molecule has 0 amide bonds. The lowest BCUT2D eigenvalue weighted by atomic mass is 10.1. The van der Waals surface area contributed by atoms with Crippen LogP contribution in [0.5, 0.6) is 0 Å². The van der Waals surface area contributed by atoms with Crippen molar-refractivity contribution in [1.82, 2.24) is 15.1 Å². The standard InChI is InChI=1S/C20H26FN3/c1-23-11-13-24(14-12-23)16-20(18-5-3-2-4-6-18)22-15-17-7-9-19(21)10-8-17/h2-10,20,22H,11-16H2,1H3/t20-/m1/s1. The normalized spacial score (nSPS) is 17.8. The molecular formula is C20H26FN3. The molecule has 3 rings (SSSR count). The number of halogens is 1. The fraction of sp³-hybridized carbons (Fsp3) is 0.400. The Labute approximate surface area is 144 Å². The Balaban J connectivity index is 1.64. The van der Waals surface area contributed by atoms with E-state index in [1.54, 1.807) is 0 Å². The zero-order chi connectivity index (χ0) is 16.8. The molecule has 0 bridgehead atoms. The summed E-state index contributed by atoms with van der Waals surface area (Å²) in [5.41, 5.74) is 2.41. The molecule has 0 unspecified atom stereocenters. The van der Waals surface area contributed by atoms with Crippen molar-refractivity contribution in [2.45, 2.75) is 12.6 Å². The van der Waals surface area contributed by atoms with Crippen LogP contribution in [0.25, 0.3) is 0 Å². The molecule has 0 aromatic heterocycles. The van der Waals surface area contributed by atoms with Gasteiger partial charge in [-0.1, -0.05) is 42.5 Å². The summed E-state index contributed by atoms with van der Waals surface area (Å²) in [5, 5.41) is 3.65. The van der Waals surface area contributed by atoms with Crippen LogP contribution < -0.4 is 5.32 Å². The van der Waals surface area contributed by atoms with E-state index in [0.717, 1.165) is 44.8 Å².